The maximum Gasteiger partial charge on any atom is 0.132 e. The first-order chi connectivity index (χ1) is 15.5. The summed E-state index contributed by atoms with van der Waals surface area (Å²) in [7, 11) is 0. The van der Waals surface area contributed by atoms with E-state index in [9.17, 15) is 8.78 Å². The van der Waals surface area contributed by atoms with Crippen molar-refractivity contribution in [2.45, 2.75) is 83.6 Å². The number of halogens is 2. The molecule has 0 saturated heterocycles. The molecule has 0 heterocycles. The van der Waals surface area contributed by atoms with Crippen LogP contribution in [-0.4, -0.2) is 36.4 Å². The molecule has 2 aromatic carbocycles. The molecule has 1 aliphatic carbocycles. The average Bonchev–Trinajstić information content (AvgIpc) is 2.81. The van der Waals surface area contributed by atoms with Crippen LogP contribution in [0.5, 0.6) is 0 Å². The largest absolute Gasteiger partial charge is 0.301 e. The summed E-state index contributed by atoms with van der Waals surface area (Å²) >= 11 is 0. The zero-order valence-electron chi connectivity index (χ0n) is 19.8. The highest BCUT2D eigenvalue weighted by Crippen LogP contribution is 2.35. The first kappa shape index (κ1) is 26.0. The van der Waals surface area contributed by atoms with Gasteiger partial charge in [-0.25, -0.2) is 8.78 Å². The number of benzene rings is 2. The van der Waals surface area contributed by atoms with E-state index in [1.165, 1.54) is 18.1 Å². The highest BCUT2D eigenvalue weighted by Gasteiger charge is 2.31. The lowest BCUT2D eigenvalue weighted by molar-refractivity contribution is 0.108. The van der Waals surface area contributed by atoms with Crippen molar-refractivity contribution in [3.05, 3.63) is 71.3 Å². The molecular weight excluding hydrogens is 402 g/mol. The number of aryl methyl sites for hydroxylation is 1. The minimum atomic E-state index is -1.30. The second kappa shape index (κ2) is 14.0. The summed E-state index contributed by atoms with van der Waals surface area (Å²) in [6, 6.07) is 21.6. The highest BCUT2D eigenvalue weighted by molar-refractivity contribution is 5.26. The van der Waals surface area contributed by atoms with Gasteiger partial charge in [0.15, 0.2) is 0 Å². The number of likely N-dealkylation sites (N-methyl/N-ethyl adjacent to an activating group) is 1. The molecule has 0 spiro atoms. The molecular formula is C28H38F2N2. The van der Waals surface area contributed by atoms with Gasteiger partial charge in [0.1, 0.15) is 12.3 Å². The number of nitrogens with zero attached hydrogens (tertiary/aromatic N) is 2. The van der Waals surface area contributed by atoms with Crippen molar-refractivity contribution in [1.82, 2.24) is 4.90 Å². The zero-order chi connectivity index (χ0) is 23.3. The van der Waals surface area contributed by atoms with Gasteiger partial charge in [0.25, 0.3) is 0 Å². The second-order valence-electron chi connectivity index (χ2n) is 8.76. The van der Waals surface area contributed by atoms with Gasteiger partial charge in [0.2, 0.25) is 0 Å². The molecule has 1 aliphatic rings. The van der Waals surface area contributed by atoms with Crippen LogP contribution in [0.15, 0.2) is 54.6 Å². The first-order valence-electron chi connectivity index (χ1n) is 11.9. The minimum Gasteiger partial charge on any atom is -0.301 e. The third-order valence-corrected chi connectivity index (χ3v) is 6.56. The Balaban J connectivity index is 0.00000114. The molecule has 1 saturated carbocycles. The van der Waals surface area contributed by atoms with Crippen molar-refractivity contribution in [3.8, 4) is 6.07 Å². The van der Waals surface area contributed by atoms with Crippen LogP contribution in [0.2, 0.25) is 0 Å². The van der Waals surface area contributed by atoms with Crippen LogP contribution < -0.4 is 0 Å². The van der Waals surface area contributed by atoms with E-state index in [4.69, 9.17) is 5.26 Å². The molecule has 32 heavy (non-hydrogen) atoms. The summed E-state index contributed by atoms with van der Waals surface area (Å²) in [4.78, 5) is 2.55. The molecule has 174 valence electrons. The Hall–Kier alpha value is -2.25. The number of rotatable bonds is 9. The molecule has 2 aromatic rings. The Morgan fingerprint density at radius 3 is 2.19 bits per heavy atom. The second-order valence-corrected chi connectivity index (χ2v) is 8.76. The summed E-state index contributed by atoms with van der Waals surface area (Å²) < 4.78 is 27.1. The number of hydrogen-bond acceptors (Lipinski definition) is 2. The van der Waals surface area contributed by atoms with Crippen molar-refractivity contribution in [3.63, 3.8) is 0 Å². The average molecular weight is 441 g/mol. The van der Waals surface area contributed by atoms with Gasteiger partial charge in [-0.2, -0.15) is 5.26 Å². The van der Waals surface area contributed by atoms with E-state index in [1.54, 1.807) is 6.07 Å². The van der Waals surface area contributed by atoms with E-state index in [0.717, 1.165) is 44.3 Å². The molecule has 0 aliphatic heterocycles. The number of nitriles is 1. The minimum absolute atomic E-state index is 0.165. The fourth-order valence-corrected chi connectivity index (χ4v) is 4.50. The zero-order valence-corrected chi connectivity index (χ0v) is 19.8. The quantitative estimate of drug-likeness (QED) is 0.418. The van der Waals surface area contributed by atoms with E-state index in [1.807, 2.05) is 0 Å². The van der Waals surface area contributed by atoms with Crippen molar-refractivity contribution >= 4 is 0 Å². The van der Waals surface area contributed by atoms with Crippen LogP contribution in [-0.2, 0) is 12.8 Å². The van der Waals surface area contributed by atoms with E-state index in [2.05, 4.69) is 73.3 Å². The SMILES string of the molecule is CC#N.CCN(CCc1ccccc1)C(C)CCc1ccc(C2CCC(F)C(F)C2)cc1. The Morgan fingerprint density at radius 1 is 0.969 bits per heavy atom. The number of alkyl halides is 2. The van der Waals surface area contributed by atoms with E-state index in [-0.39, 0.29) is 5.92 Å². The van der Waals surface area contributed by atoms with E-state index in [0.29, 0.717) is 18.9 Å². The lowest BCUT2D eigenvalue weighted by Gasteiger charge is -2.28. The normalized spacial score (nSPS) is 21.3. The smallest absolute Gasteiger partial charge is 0.132 e. The van der Waals surface area contributed by atoms with Crippen molar-refractivity contribution < 1.29 is 8.78 Å². The molecule has 4 atom stereocenters. The third-order valence-electron chi connectivity index (χ3n) is 6.56. The summed E-state index contributed by atoms with van der Waals surface area (Å²) in [5, 5.41) is 7.32. The molecule has 4 unspecified atom stereocenters. The van der Waals surface area contributed by atoms with Crippen molar-refractivity contribution in [1.29, 1.82) is 5.26 Å². The third kappa shape index (κ3) is 8.36. The van der Waals surface area contributed by atoms with Crippen LogP contribution in [0.25, 0.3) is 0 Å². The van der Waals surface area contributed by atoms with Gasteiger partial charge in [-0.15, -0.1) is 0 Å². The van der Waals surface area contributed by atoms with Crippen LogP contribution in [0.1, 0.15) is 69.1 Å². The molecule has 3 rings (SSSR count). The van der Waals surface area contributed by atoms with Crippen molar-refractivity contribution in [2.75, 3.05) is 13.1 Å². The Morgan fingerprint density at radius 2 is 1.59 bits per heavy atom. The summed E-state index contributed by atoms with van der Waals surface area (Å²) in [6.45, 7) is 8.14. The molecule has 4 heteroatoms. The van der Waals surface area contributed by atoms with E-state index < -0.39 is 12.3 Å². The lowest BCUT2D eigenvalue weighted by Crippen LogP contribution is -2.35. The fraction of sp³-hybridized carbons (Fsp3) is 0.536. The maximum absolute atomic E-state index is 13.7. The standard InChI is InChI=1S/C26H35F2N.C2H3N/c1-3-29(18-17-21-7-5-4-6-8-21)20(2)9-10-22-11-13-23(14-12-22)24-15-16-25(27)26(28)19-24;1-2-3/h4-8,11-14,20,24-26H,3,9-10,15-19H2,1-2H3;1H3. The molecule has 0 aromatic heterocycles. The van der Waals surface area contributed by atoms with Gasteiger partial charge in [0.05, 0.1) is 6.07 Å². The lowest BCUT2D eigenvalue weighted by atomic mass is 9.82. The Kier molecular flexibility index (Phi) is 11.4. The van der Waals surface area contributed by atoms with Gasteiger partial charge in [0, 0.05) is 19.5 Å². The van der Waals surface area contributed by atoms with Gasteiger partial charge in [-0.05, 0) is 74.6 Å². The van der Waals surface area contributed by atoms with Crippen LogP contribution in [0.4, 0.5) is 8.78 Å². The first-order valence-corrected chi connectivity index (χ1v) is 11.9. The molecule has 2 nitrogen and oxygen atoms in total. The molecule has 0 amide bonds. The maximum atomic E-state index is 13.7. The highest BCUT2D eigenvalue weighted by atomic mass is 19.2. The predicted molar refractivity (Wildman–Crippen MR) is 129 cm³/mol. The predicted octanol–water partition coefficient (Wildman–Crippen LogP) is 7.05. The number of hydrogen-bond donors (Lipinski definition) is 0. The summed E-state index contributed by atoms with van der Waals surface area (Å²) in [5.41, 5.74) is 3.89. The van der Waals surface area contributed by atoms with Crippen LogP contribution >= 0.6 is 0 Å². The van der Waals surface area contributed by atoms with Gasteiger partial charge >= 0.3 is 0 Å². The molecule has 1 fully saturated rings. The molecule has 0 N–H and O–H groups in total. The van der Waals surface area contributed by atoms with Crippen LogP contribution in [0.3, 0.4) is 0 Å². The van der Waals surface area contributed by atoms with Gasteiger partial charge in [-0.1, -0.05) is 61.5 Å². The fourth-order valence-electron chi connectivity index (χ4n) is 4.50. The summed E-state index contributed by atoms with van der Waals surface area (Å²) in [6.07, 6.45) is 2.12. The van der Waals surface area contributed by atoms with Crippen molar-refractivity contribution in [2.24, 2.45) is 0 Å². The van der Waals surface area contributed by atoms with Gasteiger partial charge in [-0.3, -0.25) is 0 Å². The Bertz CT molecular complexity index is 800. The molecule has 0 bridgehead atoms. The molecule has 0 radical (unpaired) electrons. The Labute approximate surface area is 193 Å². The summed E-state index contributed by atoms with van der Waals surface area (Å²) in [5.74, 6) is 0.165. The van der Waals surface area contributed by atoms with E-state index >= 15 is 0 Å². The van der Waals surface area contributed by atoms with Crippen LogP contribution in [0, 0.1) is 11.3 Å². The monoisotopic (exact) mass is 440 g/mol. The topological polar surface area (TPSA) is 27.0 Å². The van der Waals surface area contributed by atoms with Gasteiger partial charge < -0.3 is 4.90 Å².